The summed E-state index contributed by atoms with van der Waals surface area (Å²) in [6.07, 6.45) is 6.03. The number of aromatic nitrogens is 1. The van der Waals surface area contributed by atoms with E-state index in [0.717, 1.165) is 35.5 Å². The Balaban J connectivity index is 1.27. The highest BCUT2D eigenvalue weighted by molar-refractivity contribution is 5.97. The van der Waals surface area contributed by atoms with Gasteiger partial charge in [0.1, 0.15) is 11.9 Å². The SMILES string of the molecule is COc1ncccc1-c1ccc(O)c(C2Nc3ccc(C(=O)NCCC4CCCCN4C)cc3N2)c1. The highest BCUT2D eigenvalue weighted by atomic mass is 16.5. The molecule has 2 aliphatic heterocycles. The quantitative estimate of drug-likeness (QED) is 0.387. The predicted molar refractivity (Wildman–Crippen MR) is 142 cm³/mol. The van der Waals surface area contributed by atoms with Gasteiger partial charge >= 0.3 is 0 Å². The van der Waals surface area contributed by atoms with Crippen LogP contribution in [0.5, 0.6) is 11.6 Å². The number of piperidine rings is 1. The van der Waals surface area contributed by atoms with Crippen molar-refractivity contribution in [2.45, 2.75) is 37.9 Å². The first-order valence-electron chi connectivity index (χ1n) is 12.5. The van der Waals surface area contributed by atoms with Gasteiger partial charge in [-0.1, -0.05) is 12.5 Å². The minimum Gasteiger partial charge on any atom is -0.508 e. The number of aromatic hydroxyl groups is 1. The number of likely N-dealkylation sites (tertiary alicyclic amines) is 1. The van der Waals surface area contributed by atoms with Crippen LogP contribution in [0, 0.1) is 0 Å². The molecule has 2 aromatic carbocycles. The molecule has 3 aromatic rings. The number of benzene rings is 2. The normalized spacial score (nSPS) is 19.2. The van der Waals surface area contributed by atoms with E-state index in [-0.39, 0.29) is 17.8 Å². The van der Waals surface area contributed by atoms with Crippen LogP contribution in [0.3, 0.4) is 0 Å². The van der Waals surface area contributed by atoms with Gasteiger partial charge in [0.2, 0.25) is 5.88 Å². The van der Waals surface area contributed by atoms with Gasteiger partial charge in [0.25, 0.3) is 5.91 Å². The summed E-state index contributed by atoms with van der Waals surface area (Å²) in [4.78, 5) is 19.5. The van der Waals surface area contributed by atoms with Crippen LogP contribution in [0.1, 0.15) is 47.8 Å². The van der Waals surface area contributed by atoms with Gasteiger partial charge in [-0.25, -0.2) is 4.98 Å². The third-order valence-electron chi connectivity index (χ3n) is 7.18. The van der Waals surface area contributed by atoms with Gasteiger partial charge in [-0.15, -0.1) is 0 Å². The number of phenolic OH excluding ortho intramolecular Hbond substituents is 1. The minimum atomic E-state index is -0.345. The number of anilines is 2. The second kappa shape index (κ2) is 10.5. The molecular formula is C28H33N5O3. The van der Waals surface area contributed by atoms with Crippen LogP contribution >= 0.6 is 0 Å². The van der Waals surface area contributed by atoms with Gasteiger partial charge in [-0.2, -0.15) is 0 Å². The van der Waals surface area contributed by atoms with E-state index in [1.54, 1.807) is 19.4 Å². The highest BCUT2D eigenvalue weighted by Gasteiger charge is 2.25. The lowest BCUT2D eigenvalue weighted by atomic mass is 10.0. The Morgan fingerprint density at radius 2 is 2.03 bits per heavy atom. The zero-order valence-corrected chi connectivity index (χ0v) is 20.8. The van der Waals surface area contributed by atoms with Crippen LogP contribution in [0.25, 0.3) is 11.1 Å². The Morgan fingerprint density at radius 3 is 2.86 bits per heavy atom. The maximum atomic E-state index is 12.8. The van der Waals surface area contributed by atoms with Crippen LogP contribution in [-0.2, 0) is 0 Å². The largest absolute Gasteiger partial charge is 0.508 e. The van der Waals surface area contributed by atoms with Crippen molar-refractivity contribution in [3.05, 3.63) is 65.9 Å². The summed E-state index contributed by atoms with van der Waals surface area (Å²) in [5.41, 5.74) is 4.73. The van der Waals surface area contributed by atoms with E-state index in [9.17, 15) is 9.90 Å². The Kier molecular flexibility index (Phi) is 6.95. The fourth-order valence-electron chi connectivity index (χ4n) is 5.12. The van der Waals surface area contributed by atoms with E-state index in [1.165, 1.54) is 19.3 Å². The number of nitrogens with zero attached hydrogens (tertiary/aromatic N) is 2. The van der Waals surface area contributed by atoms with Crippen molar-refractivity contribution in [1.29, 1.82) is 0 Å². The molecule has 8 nitrogen and oxygen atoms in total. The number of fused-ring (bicyclic) bond motifs is 1. The first kappa shape index (κ1) is 23.9. The first-order chi connectivity index (χ1) is 17.5. The zero-order chi connectivity index (χ0) is 25.1. The number of carbonyl (C=O) groups excluding carboxylic acids is 1. The molecule has 4 N–H and O–H groups in total. The number of phenols is 1. The van der Waals surface area contributed by atoms with Gasteiger partial charge < -0.3 is 30.7 Å². The Hall–Kier alpha value is -3.78. The van der Waals surface area contributed by atoms with Gasteiger partial charge in [-0.05, 0) is 80.9 Å². The lowest BCUT2D eigenvalue weighted by Gasteiger charge is -2.32. The molecule has 8 heteroatoms. The van der Waals surface area contributed by atoms with Crippen LogP contribution in [-0.4, -0.2) is 54.2 Å². The van der Waals surface area contributed by atoms with Gasteiger partial charge in [-0.3, -0.25) is 4.79 Å². The number of nitrogens with one attached hydrogen (secondary N) is 3. The molecule has 1 amide bonds. The fraction of sp³-hybridized carbons (Fsp3) is 0.357. The molecule has 36 heavy (non-hydrogen) atoms. The smallest absolute Gasteiger partial charge is 0.251 e. The summed E-state index contributed by atoms with van der Waals surface area (Å²) in [7, 11) is 3.76. The first-order valence-corrected chi connectivity index (χ1v) is 12.5. The number of hydrogen-bond acceptors (Lipinski definition) is 7. The summed E-state index contributed by atoms with van der Waals surface area (Å²) in [5.74, 6) is 0.621. The number of methoxy groups -OCH3 is 1. The predicted octanol–water partition coefficient (Wildman–Crippen LogP) is 4.60. The van der Waals surface area contributed by atoms with Crippen LogP contribution in [0.2, 0.25) is 0 Å². The summed E-state index contributed by atoms with van der Waals surface area (Å²) < 4.78 is 5.40. The lowest BCUT2D eigenvalue weighted by molar-refractivity contribution is 0.0945. The van der Waals surface area contributed by atoms with E-state index >= 15 is 0 Å². The summed E-state index contributed by atoms with van der Waals surface area (Å²) in [5, 5.41) is 20.5. The second-order valence-electron chi connectivity index (χ2n) is 9.49. The molecule has 0 aliphatic carbocycles. The monoisotopic (exact) mass is 487 g/mol. The van der Waals surface area contributed by atoms with Crippen molar-refractivity contribution in [3.8, 4) is 22.8 Å². The van der Waals surface area contributed by atoms with E-state index < -0.39 is 0 Å². The molecule has 2 atom stereocenters. The standard InChI is InChI=1S/C28H33N5O3/c1-33-15-4-3-6-20(33)12-14-29-27(35)19-8-10-23-24(17-19)32-26(31-23)22-16-18(9-11-25(22)34)21-7-5-13-30-28(21)36-2/h5,7-11,13,16-17,20,26,31-32,34H,3-4,6,12,14-15H2,1-2H3,(H,29,35). The Labute approximate surface area is 211 Å². The average molecular weight is 488 g/mol. The topological polar surface area (TPSA) is 98.8 Å². The third-order valence-corrected chi connectivity index (χ3v) is 7.18. The molecule has 1 fully saturated rings. The van der Waals surface area contributed by atoms with Gasteiger partial charge in [0.05, 0.1) is 18.5 Å². The molecule has 0 saturated carbocycles. The number of pyridine rings is 1. The molecule has 0 radical (unpaired) electrons. The maximum Gasteiger partial charge on any atom is 0.251 e. The second-order valence-corrected chi connectivity index (χ2v) is 9.49. The summed E-state index contributed by atoms with van der Waals surface area (Å²) in [6, 6.07) is 15.3. The number of rotatable bonds is 7. The summed E-state index contributed by atoms with van der Waals surface area (Å²) >= 11 is 0. The number of carbonyl (C=O) groups is 1. The van der Waals surface area contributed by atoms with Gasteiger partial charge in [0.15, 0.2) is 0 Å². The van der Waals surface area contributed by atoms with E-state index in [2.05, 4.69) is 32.9 Å². The van der Waals surface area contributed by atoms with Crippen molar-refractivity contribution >= 4 is 17.3 Å². The van der Waals surface area contributed by atoms with Crippen LogP contribution < -0.4 is 20.7 Å². The Morgan fingerprint density at radius 1 is 1.17 bits per heavy atom. The molecule has 5 rings (SSSR count). The van der Waals surface area contributed by atoms with Crippen molar-refractivity contribution < 1.29 is 14.6 Å². The molecule has 2 unspecified atom stereocenters. The fourth-order valence-corrected chi connectivity index (χ4v) is 5.12. The molecular weight excluding hydrogens is 454 g/mol. The minimum absolute atomic E-state index is 0.0740. The van der Waals surface area contributed by atoms with Gasteiger partial charge in [0, 0.05) is 35.5 Å². The lowest BCUT2D eigenvalue weighted by Crippen LogP contribution is -2.39. The average Bonchev–Trinajstić information content (AvgIpc) is 3.33. The summed E-state index contributed by atoms with van der Waals surface area (Å²) in [6.45, 7) is 1.80. The van der Waals surface area contributed by atoms with Crippen LogP contribution in [0.15, 0.2) is 54.7 Å². The highest BCUT2D eigenvalue weighted by Crippen LogP contribution is 2.40. The number of amides is 1. The van der Waals surface area contributed by atoms with Crippen LogP contribution in [0.4, 0.5) is 11.4 Å². The number of ether oxygens (including phenoxy) is 1. The van der Waals surface area contributed by atoms with Crippen molar-refractivity contribution in [1.82, 2.24) is 15.2 Å². The van der Waals surface area contributed by atoms with Crippen molar-refractivity contribution in [2.24, 2.45) is 0 Å². The molecule has 2 aliphatic rings. The molecule has 3 heterocycles. The third kappa shape index (κ3) is 4.95. The molecule has 0 spiro atoms. The van der Waals surface area contributed by atoms with E-state index in [1.807, 2.05) is 42.5 Å². The van der Waals surface area contributed by atoms with Crippen molar-refractivity contribution in [3.63, 3.8) is 0 Å². The molecule has 1 saturated heterocycles. The molecule has 0 bridgehead atoms. The van der Waals surface area contributed by atoms with E-state index in [4.69, 9.17) is 4.74 Å². The molecule has 188 valence electrons. The Bertz CT molecular complexity index is 1250. The maximum absolute atomic E-state index is 12.8. The molecule has 1 aromatic heterocycles. The van der Waals surface area contributed by atoms with E-state index in [0.29, 0.717) is 29.6 Å². The zero-order valence-electron chi connectivity index (χ0n) is 20.8. The van der Waals surface area contributed by atoms with Crippen molar-refractivity contribution in [2.75, 3.05) is 37.9 Å². The number of hydrogen-bond donors (Lipinski definition) is 4.